The summed E-state index contributed by atoms with van der Waals surface area (Å²) in [5, 5.41) is 0. The van der Waals surface area contributed by atoms with E-state index in [1.165, 1.54) is 0 Å². The molecule has 0 atom stereocenters. The van der Waals surface area contributed by atoms with Crippen LogP contribution in [0.5, 0.6) is 0 Å². The maximum atomic E-state index is 11.2. The fourth-order valence-corrected chi connectivity index (χ4v) is 1.04. The highest BCUT2D eigenvalue weighted by molar-refractivity contribution is 5.69. The summed E-state index contributed by atoms with van der Waals surface area (Å²) in [4.78, 5) is 21.4. The lowest BCUT2D eigenvalue weighted by atomic mass is 10.1. The van der Waals surface area contributed by atoms with Crippen LogP contribution in [0.3, 0.4) is 0 Å². The number of carbonyl (C=O) groups is 1. The van der Waals surface area contributed by atoms with Gasteiger partial charge in [-0.05, 0) is 26.7 Å². The summed E-state index contributed by atoms with van der Waals surface area (Å²) in [6.07, 6.45) is 4.43. The molecule has 4 heteroatoms. The van der Waals surface area contributed by atoms with Crippen LogP contribution >= 0.6 is 0 Å². The first-order valence-corrected chi connectivity index (χ1v) is 6.48. The number of unbranched alkanes of at least 4 members (excludes halogenated alkanes) is 2. The molecule has 0 aliphatic heterocycles. The van der Waals surface area contributed by atoms with Crippen molar-refractivity contribution in [3.05, 3.63) is 0 Å². The molecule has 0 N–H and O–H groups in total. The Labute approximate surface area is 105 Å². The third kappa shape index (κ3) is 10.3. The Kier molecular flexibility index (Phi) is 9.09. The summed E-state index contributed by atoms with van der Waals surface area (Å²) in [6.45, 7) is 8.56. The summed E-state index contributed by atoms with van der Waals surface area (Å²) in [7, 11) is 0. The monoisotopic (exact) mass is 246 g/mol. The summed E-state index contributed by atoms with van der Waals surface area (Å²) in [6, 6.07) is 0. The number of rotatable bonds is 10. The van der Waals surface area contributed by atoms with Gasteiger partial charge in [0, 0.05) is 6.42 Å². The van der Waals surface area contributed by atoms with Gasteiger partial charge in [0.15, 0.2) is 0 Å². The number of carbonyl (C=O) groups excluding carboxylic acids is 1. The van der Waals surface area contributed by atoms with Crippen molar-refractivity contribution in [1.29, 1.82) is 0 Å². The number of ether oxygens (including phenoxy) is 1. The van der Waals surface area contributed by atoms with Crippen LogP contribution in [0.15, 0.2) is 0 Å². The first-order valence-electron chi connectivity index (χ1n) is 6.48. The molecule has 0 aromatic heterocycles. The van der Waals surface area contributed by atoms with Crippen LogP contribution in [0.2, 0.25) is 0 Å². The molecular formula is C13H26O4. The van der Waals surface area contributed by atoms with Gasteiger partial charge in [-0.1, -0.05) is 26.7 Å². The van der Waals surface area contributed by atoms with Crippen molar-refractivity contribution in [3.8, 4) is 0 Å². The van der Waals surface area contributed by atoms with Crippen molar-refractivity contribution >= 4 is 5.97 Å². The van der Waals surface area contributed by atoms with Gasteiger partial charge in [-0.25, -0.2) is 9.78 Å². The fourth-order valence-electron chi connectivity index (χ4n) is 1.04. The maximum Gasteiger partial charge on any atom is 0.305 e. The van der Waals surface area contributed by atoms with Crippen LogP contribution in [0.4, 0.5) is 0 Å². The van der Waals surface area contributed by atoms with Crippen LogP contribution in [-0.4, -0.2) is 24.8 Å². The summed E-state index contributed by atoms with van der Waals surface area (Å²) < 4.78 is 4.99. The van der Waals surface area contributed by atoms with Crippen molar-refractivity contribution in [3.63, 3.8) is 0 Å². The second kappa shape index (κ2) is 9.42. The normalized spacial score (nSPS) is 11.5. The first-order chi connectivity index (χ1) is 8.02. The Bertz CT molecular complexity index is 202. The lowest BCUT2D eigenvalue weighted by Crippen LogP contribution is -2.24. The topological polar surface area (TPSA) is 44.8 Å². The largest absolute Gasteiger partial charge is 0.463 e. The van der Waals surface area contributed by atoms with Gasteiger partial charge in [-0.3, -0.25) is 4.79 Å². The average molecular weight is 246 g/mol. The summed E-state index contributed by atoms with van der Waals surface area (Å²) >= 11 is 0. The van der Waals surface area contributed by atoms with Gasteiger partial charge in [0.1, 0.15) is 13.2 Å². The van der Waals surface area contributed by atoms with Crippen LogP contribution < -0.4 is 0 Å². The molecule has 0 rings (SSSR count). The van der Waals surface area contributed by atoms with E-state index in [-0.39, 0.29) is 24.8 Å². The van der Waals surface area contributed by atoms with Gasteiger partial charge in [0.05, 0.1) is 5.60 Å². The molecule has 0 amide bonds. The molecule has 0 aromatic rings. The SMILES string of the molecule is CCCCCC(=O)OCCOOC(C)(C)CC. The third-order valence-corrected chi connectivity index (χ3v) is 2.55. The van der Waals surface area contributed by atoms with E-state index in [2.05, 4.69) is 6.92 Å². The van der Waals surface area contributed by atoms with Crippen molar-refractivity contribution in [2.75, 3.05) is 13.2 Å². The summed E-state index contributed by atoms with van der Waals surface area (Å²) in [5.74, 6) is -0.156. The van der Waals surface area contributed by atoms with Gasteiger partial charge in [-0.15, -0.1) is 0 Å². The standard InChI is InChI=1S/C13H26O4/c1-5-7-8-9-12(14)15-10-11-16-17-13(3,4)6-2/h5-11H2,1-4H3. The Morgan fingerprint density at radius 1 is 1.12 bits per heavy atom. The second-order valence-corrected chi connectivity index (χ2v) is 4.70. The predicted octanol–water partition coefficient (Wildman–Crippen LogP) is 3.25. The smallest absolute Gasteiger partial charge is 0.305 e. The van der Waals surface area contributed by atoms with Gasteiger partial charge >= 0.3 is 5.97 Å². The van der Waals surface area contributed by atoms with Crippen LogP contribution in [0.25, 0.3) is 0 Å². The number of hydrogen-bond donors (Lipinski definition) is 0. The highest BCUT2D eigenvalue weighted by Crippen LogP contribution is 2.13. The average Bonchev–Trinajstić information content (AvgIpc) is 2.29. The lowest BCUT2D eigenvalue weighted by Gasteiger charge is -2.21. The second-order valence-electron chi connectivity index (χ2n) is 4.70. The molecule has 102 valence electrons. The maximum absolute atomic E-state index is 11.2. The predicted molar refractivity (Wildman–Crippen MR) is 66.5 cm³/mol. The third-order valence-electron chi connectivity index (χ3n) is 2.55. The zero-order valence-corrected chi connectivity index (χ0v) is 11.6. The molecule has 0 unspecified atom stereocenters. The van der Waals surface area contributed by atoms with Crippen molar-refractivity contribution in [2.24, 2.45) is 0 Å². The van der Waals surface area contributed by atoms with Crippen LogP contribution in [0, 0.1) is 0 Å². The molecule has 0 spiro atoms. The highest BCUT2D eigenvalue weighted by atomic mass is 17.2. The molecule has 0 saturated carbocycles. The van der Waals surface area contributed by atoms with E-state index in [4.69, 9.17) is 14.5 Å². The Balaban J connectivity index is 3.36. The number of hydrogen-bond acceptors (Lipinski definition) is 4. The van der Waals surface area contributed by atoms with E-state index < -0.39 is 0 Å². The Morgan fingerprint density at radius 2 is 1.82 bits per heavy atom. The summed E-state index contributed by atoms with van der Waals surface area (Å²) in [5.41, 5.74) is -0.287. The molecule has 0 aliphatic rings. The lowest BCUT2D eigenvalue weighted by molar-refractivity contribution is -0.355. The molecular weight excluding hydrogens is 220 g/mol. The van der Waals surface area contributed by atoms with Crippen molar-refractivity contribution in [1.82, 2.24) is 0 Å². The number of esters is 1. The quantitative estimate of drug-likeness (QED) is 0.257. The Morgan fingerprint density at radius 3 is 2.41 bits per heavy atom. The zero-order chi connectivity index (χ0) is 13.1. The van der Waals surface area contributed by atoms with Crippen molar-refractivity contribution in [2.45, 2.75) is 65.4 Å². The molecule has 0 aromatic carbocycles. The van der Waals surface area contributed by atoms with E-state index in [9.17, 15) is 4.79 Å². The molecule has 0 aliphatic carbocycles. The van der Waals surface area contributed by atoms with Gasteiger partial charge in [0.25, 0.3) is 0 Å². The highest BCUT2D eigenvalue weighted by Gasteiger charge is 2.16. The molecule has 0 fully saturated rings. The minimum atomic E-state index is -0.287. The van der Waals surface area contributed by atoms with Gasteiger partial charge in [-0.2, -0.15) is 0 Å². The van der Waals surface area contributed by atoms with E-state index in [1.807, 2.05) is 20.8 Å². The zero-order valence-electron chi connectivity index (χ0n) is 11.6. The van der Waals surface area contributed by atoms with Crippen LogP contribution in [-0.2, 0) is 19.3 Å². The Hall–Kier alpha value is -0.610. The van der Waals surface area contributed by atoms with Crippen LogP contribution in [0.1, 0.15) is 59.8 Å². The molecule has 0 radical (unpaired) electrons. The molecule has 4 nitrogen and oxygen atoms in total. The van der Waals surface area contributed by atoms with Crippen molar-refractivity contribution < 1.29 is 19.3 Å². The van der Waals surface area contributed by atoms with Gasteiger partial charge < -0.3 is 4.74 Å². The fraction of sp³-hybridized carbons (Fsp3) is 0.923. The minimum absolute atomic E-state index is 0.156. The van der Waals surface area contributed by atoms with E-state index in [0.717, 1.165) is 25.7 Å². The van der Waals surface area contributed by atoms with E-state index in [0.29, 0.717) is 6.42 Å². The minimum Gasteiger partial charge on any atom is -0.463 e. The molecule has 0 bridgehead atoms. The molecule has 17 heavy (non-hydrogen) atoms. The molecule has 0 saturated heterocycles. The first kappa shape index (κ1) is 16.4. The van der Waals surface area contributed by atoms with E-state index >= 15 is 0 Å². The van der Waals surface area contributed by atoms with E-state index in [1.54, 1.807) is 0 Å². The van der Waals surface area contributed by atoms with Gasteiger partial charge in [0.2, 0.25) is 0 Å². The molecule has 0 heterocycles.